The highest BCUT2D eigenvalue weighted by Crippen LogP contribution is 2.28. The van der Waals surface area contributed by atoms with Crippen LogP contribution in [0.5, 0.6) is 0 Å². The van der Waals surface area contributed by atoms with Gasteiger partial charge in [-0.1, -0.05) is 43.7 Å². The van der Waals surface area contributed by atoms with E-state index < -0.39 is 0 Å². The Bertz CT molecular complexity index is 1360. The monoisotopic (exact) mass is 501 g/mol. The van der Waals surface area contributed by atoms with Gasteiger partial charge in [-0.15, -0.1) is 0 Å². The third kappa shape index (κ3) is 6.23. The van der Waals surface area contributed by atoms with E-state index in [4.69, 9.17) is 4.98 Å². The molecule has 0 aliphatic carbocycles. The molecule has 2 heterocycles. The molecule has 0 aliphatic heterocycles. The van der Waals surface area contributed by atoms with Crippen LogP contribution in [0.25, 0.3) is 22.3 Å². The maximum absolute atomic E-state index is 13.7. The van der Waals surface area contributed by atoms with Crippen LogP contribution in [0.2, 0.25) is 0 Å². The van der Waals surface area contributed by atoms with Crippen LogP contribution >= 0.6 is 0 Å². The van der Waals surface area contributed by atoms with Crippen LogP contribution in [0.15, 0.2) is 60.8 Å². The first kappa shape index (κ1) is 26.5. The number of nitrogens with zero attached hydrogens (tertiary/aromatic N) is 5. The molecule has 4 aromatic rings. The lowest BCUT2D eigenvalue weighted by Gasteiger charge is -2.19. The Balaban J connectivity index is 1.71. The number of carbonyl (C=O) groups is 1. The Hall–Kier alpha value is -3.58. The fourth-order valence-corrected chi connectivity index (χ4v) is 4.51. The fraction of sp³-hybridized carbons (Fsp3) is 0.367. The summed E-state index contributed by atoms with van der Waals surface area (Å²) in [6.07, 6.45) is 4.07. The lowest BCUT2D eigenvalue weighted by molar-refractivity contribution is 0.0787. The maximum atomic E-state index is 13.7. The van der Waals surface area contributed by atoms with E-state index in [0.717, 1.165) is 35.3 Å². The average molecular weight is 502 g/mol. The maximum Gasteiger partial charge on any atom is 0.254 e. The second kappa shape index (κ2) is 11.6. The fourth-order valence-electron chi connectivity index (χ4n) is 4.51. The smallest absolute Gasteiger partial charge is 0.254 e. The van der Waals surface area contributed by atoms with E-state index in [1.54, 1.807) is 30.3 Å². The minimum absolute atomic E-state index is 0.0960. The summed E-state index contributed by atoms with van der Waals surface area (Å²) in [4.78, 5) is 22.6. The Morgan fingerprint density at radius 1 is 1.03 bits per heavy atom. The number of unbranched alkanes of at least 4 members (excludes halogenated alkanes) is 1. The predicted octanol–water partition coefficient (Wildman–Crippen LogP) is 6.32. The molecule has 0 saturated heterocycles. The summed E-state index contributed by atoms with van der Waals surface area (Å²) in [6, 6.07) is 16.6. The molecule has 194 valence electrons. The zero-order valence-electron chi connectivity index (χ0n) is 22.4. The summed E-state index contributed by atoms with van der Waals surface area (Å²) >= 11 is 0. The molecule has 2 aromatic heterocycles. The van der Waals surface area contributed by atoms with Gasteiger partial charge in [0.1, 0.15) is 5.82 Å². The van der Waals surface area contributed by atoms with Gasteiger partial charge >= 0.3 is 0 Å². The number of benzene rings is 2. The van der Waals surface area contributed by atoms with E-state index in [9.17, 15) is 9.18 Å². The molecule has 0 atom stereocenters. The van der Waals surface area contributed by atoms with E-state index in [1.165, 1.54) is 30.5 Å². The molecule has 0 saturated carbocycles. The van der Waals surface area contributed by atoms with Gasteiger partial charge in [-0.2, -0.15) is 5.10 Å². The lowest BCUT2D eigenvalue weighted by atomic mass is 10.0. The van der Waals surface area contributed by atoms with Crippen LogP contribution in [0, 0.1) is 5.82 Å². The summed E-state index contributed by atoms with van der Waals surface area (Å²) in [5.74, 6) is -0.421. The van der Waals surface area contributed by atoms with Crippen molar-refractivity contribution < 1.29 is 9.18 Å². The normalized spacial score (nSPS) is 11.6. The first-order chi connectivity index (χ1) is 17.8. The second-order valence-corrected chi connectivity index (χ2v) is 10.1. The Labute approximate surface area is 218 Å². The van der Waals surface area contributed by atoms with E-state index in [1.807, 2.05) is 22.9 Å². The summed E-state index contributed by atoms with van der Waals surface area (Å²) in [5.41, 5.74) is 5.03. The number of hydrogen-bond acceptors (Lipinski definition) is 4. The molecule has 1 amide bonds. The van der Waals surface area contributed by atoms with Gasteiger partial charge in [0.25, 0.3) is 5.91 Å². The molecule has 6 nitrogen and oxygen atoms in total. The minimum atomic E-state index is -0.293. The number of fused-ring (bicyclic) bond motifs is 1. The zero-order chi connectivity index (χ0) is 26.5. The number of hydrogen-bond donors (Lipinski definition) is 0. The number of halogens is 1. The predicted molar refractivity (Wildman–Crippen MR) is 147 cm³/mol. The first-order valence-corrected chi connectivity index (χ1v) is 12.9. The van der Waals surface area contributed by atoms with Crippen LogP contribution in [-0.4, -0.2) is 51.1 Å². The van der Waals surface area contributed by atoms with E-state index in [0.29, 0.717) is 17.8 Å². The van der Waals surface area contributed by atoms with Gasteiger partial charge in [0.05, 0.1) is 22.8 Å². The Morgan fingerprint density at radius 3 is 2.49 bits per heavy atom. The van der Waals surface area contributed by atoms with Crippen molar-refractivity contribution >= 4 is 16.9 Å². The molecule has 0 unspecified atom stereocenters. The van der Waals surface area contributed by atoms with Crippen molar-refractivity contribution in [1.82, 2.24) is 24.6 Å². The van der Waals surface area contributed by atoms with Crippen LogP contribution in [0.4, 0.5) is 4.39 Å². The second-order valence-electron chi connectivity index (χ2n) is 10.1. The highest BCUT2D eigenvalue weighted by atomic mass is 19.1. The van der Waals surface area contributed by atoms with Crippen LogP contribution < -0.4 is 0 Å². The number of aromatic nitrogens is 3. The van der Waals surface area contributed by atoms with E-state index in [-0.39, 0.29) is 17.8 Å². The van der Waals surface area contributed by atoms with Crippen molar-refractivity contribution in [3.05, 3.63) is 83.3 Å². The van der Waals surface area contributed by atoms with Crippen molar-refractivity contribution in [2.75, 3.05) is 20.6 Å². The minimum Gasteiger partial charge on any atom is -0.337 e. The molecule has 0 bridgehead atoms. The summed E-state index contributed by atoms with van der Waals surface area (Å²) < 4.78 is 15.2. The van der Waals surface area contributed by atoms with Gasteiger partial charge in [-0.25, -0.2) is 14.1 Å². The Kier molecular flexibility index (Phi) is 8.34. The van der Waals surface area contributed by atoms with Crippen molar-refractivity contribution in [3.8, 4) is 11.3 Å². The standard InChI is InChI=1S/C30H36FN5O/c1-6-7-15-34(4)19-23-9-8-10-24(16-23)28-17-26(27-18-32-36(21(2)3)29(27)33-28)30(37)35(5)20-22-11-13-25(31)14-12-22/h8-14,16-18,21H,6-7,15,19-20H2,1-5H3. The topological polar surface area (TPSA) is 54.3 Å². The largest absolute Gasteiger partial charge is 0.337 e. The molecule has 4 rings (SSSR count). The average Bonchev–Trinajstić information content (AvgIpc) is 3.32. The van der Waals surface area contributed by atoms with Crippen LogP contribution in [0.3, 0.4) is 0 Å². The van der Waals surface area contributed by atoms with Crippen LogP contribution in [-0.2, 0) is 13.1 Å². The van der Waals surface area contributed by atoms with Crippen LogP contribution in [0.1, 0.15) is 61.1 Å². The van der Waals surface area contributed by atoms with E-state index >= 15 is 0 Å². The number of rotatable bonds is 10. The quantitative estimate of drug-likeness (QED) is 0.255. The molecule has 0 spiro atoms. The van der Waals surface area contributed by atoms with Crippen molar-refractivity contribution in [2.45, 2.75) is 52.7 Å². The molecular formula is C30H36FN5O. The molecule has 0 fully saturated rings. The summed E-state index contributed by atoms with van der Waals surface area (Å²) in [6.45, 7) is 8.58. The van der Waals surface area contributed by atoms with Gasteiger partial charge in [0.2, 0.25) is 0 Å². The third-order valence-electron chi connectivity index (χ3n) is 6.53. The van der Waals surface area contributed by atoms with E-state index in [2.05, 4.69) is 50.0 Å². The van der Waals surface area contributed by atoms with Gasteiger partial charge in [-0.05, 0) is 69.3 Å². The van der Waals surface area contributed by atoms with Gasteiger partial charge < -0.3 is 9.80 Å². The van der Waals surface area contributed by atoms with Gasteiger partial charge in [0.15, 0.2) is 5.65 Å². The van der Waals surface area contributed by atoms with Crippen molar-refractivity contribution in [2.24, 2.45) is 0 Å². The number of pyridine rings is 1. The highest BCUT2D eigenvalue weighted by Gasteiger charge is 2.21. The molecule has 2 aromatic carbocycles. The Morgan fingerprint density at radius 2 is 1.78 bits per heavy atom. The number of amides is 1. The summed E-state index contributed by atoms with van der Waals surface area (Å²) in [5, 5.41) is 5.27. The first-order valence-electron chi connectivity index (χ1n) is 12.9. The SMILES string of the molecule is CCCCN(C)Cc1cccc(-c2cc(C(=O)N(C)Cc3ccc(F)cc3)c3cnn(C(C)C)c3n2)c1. The van der Waals surface area contributed by atoms with Gasteiger partial charge in [-0.3, -0.25) is 4.79 Å². The third-order valence-corrected chi connectivity index (χ3v) is 6.53. The van der Waals surface area contributed by atoms with Crippen molar-refractivity contribution in [1.29, 1.82) is 0 Å². The molecule has 0 radical (unpaired) electrons. The summed E-state index contributed by atoms with van der Waals surface area (Å²) in [7, 11) is 3.90. The molecule has 7 heteroatoms. The molecule has 0 aliphatic rings. The highest BCUT2D eigenvalue weighted by molar-refractivity contribution is 6.06. The van der Waals surface area contributed by atoms with Gasteiger partial charge in [0, 0.05) is 31.7 Å². The lowest BCUT2D eigenvalue weighted by Crippen LogP contribution is -2.26. The number of carbonyl (C=O) groups excluding carboxylic acids is 1. The molecule has 37 heavy (non-hydrogen) atoms. The zero-order valence-corrected chi connectivity index (χ0v) is 22.4. The molecule has 0 N–H and O–H groups in total. The van der Waals surface area contributed by atoms with Crippen molar-refractivity contribution in [3.63, 3.8) is 0 Å². The molecular weight excluding hydrogens is 465 g/mol.